The van der Waals surface area contributed by atoms with Crippen molar-refractivity contribution in [3.8, 4) is 0 Å². The second-order valence-corrected chi connectivity index (χ2v) is 5.93. The zero-order chi connectivity index (χ0) is 18.0. The van der Waals surface area contributed by atoms with E-state index in [0.29, 0.717) is 41.8 Å². The summed E-state index contributed by atoms with van der Waals surface area (Å²) in [7, 11) is 0. The van der Waals surface area contributed by atoms with Gasteiger partial charge in [0.25, 0.3) is 11.8 Å². The Kier molecular flexibility index (Phi) is 4.67. The van der Waals surface area contributed by atoms with E-state index in [1.54, 1.807) is 24.3 Å². The zero-order valence-corrected chi connectivity index (χ0v) is 14.0. The lowest BCUT2D eigenvalue weighted by molar-refractivity contribution is -0.118. The van der Waals surface area contributed by atoms with Crippen LogP contribution in [-0.4, -0.2) is 48.8 Å². The summed E-state index contributed by atoms with van der Waals surface area (Å²) in [6.45, 7) is 3.24. The van der Waals surface area contributed by atoms with Crippen molar-refractivity contribution >= 4 is 34.2 Å². The van der Waals surface area contributed by atoms with Gasteiger partial charge in [-0.1, -0.05) is 12.1 Å². The molecule has 7 nitrogen and oxygen atoms in total. The minimum absolute atomic E-state index is 0.0906. The molecule has 1 aliphatic rings. The third-order valence-corrected chi connectivity index (χ3v) is 4.21. The molecule has 3 rings (SSSR count). The lowest BCUT2D eigenvalue weighted by Gasteiger charge is -2.27. The Morgan fingerprint density at radius 2 is 1.76 bits per heavy atom. The highest BCUT2D eigenvalue weighted by molar-refractivity contribution is 6.26. The predicted molar refractivity (Wildman–Crippen MR) is 95.3 cm³/mol. The van der Waals surface area contributed by atoms with Crippen molar-refractivity contribution in [2.24, 2.45) is 0 Å². The molecule has 0 atom stereocenters. The van der Waals surface area contributed by atoms with Crippen molar-refractivity contribution in [2.45, 2.75) is 6.92 Å². The summed E-state index contributed by atoms with van der Waals surface area (Å²) in [6.07, 6.45) is 0. The molecular formula is C18H20N4O3. The van der Waals surface area contributed by atoms with Crippen molar-refractivity contribution in [1.29, 1.82) is 0 Å². The van der Waals surface area contributed by atoms with Crippen LogP contribution in [-0.2, 0) is 4.79 Å². The van der Waals surface area contributed by atoms with E-state index >= 15 is 0 Å². The predicted octanol–water partition coefficient (Wildman–Crippen LogP) is 0.744. The van der Waals surface area contributed by atoms with Gasteiger partial charge in [-0.05, 0) is 18.2 Å². The van der Waals surface area contributed by atoms with Crippen LogP contribution >= 0.6 is 0 Å². The van der Waals surface area contributed by atoms with Crippen LogP contribution in [0.2, 0.25) is 0 Å². The number of imide groups is 1. The van der Waals surface area contributed by atoms with Gasteiger partial charge in [-0.25, -0.2) is 0 Å². The first kappa shape index (κ1) is 16.9. The Hall–Kier alpha value is -2.93. The van der Waals surface area contributed by atoms with Gasteiger partial charge in [-0.3, -0.25) is 19.3 Å². The molecule has 4 N–H and O–H groups in total. The number of hydrogen-bond acceptors (Lipinski definition) is 5. The fourth-order valence-corrected chi connectivity index (χ4v) is 3.01. The van der Waals surface area contributed by atoms with Gasteiger partial charge in [0.15, 0.2) is 0 Å². The van der Waals surface area contributed by atoms with E-state index in [1.165, 1.54) is 11.8 Å². The Labute approximate surface area is 145 Å². The average molecular weight is 340 g/mol. The molecular weight excluding hydrogens is 320 g/mol. The number of rotatable bonds is 6. The van der Waals surface area contributed by atoms with Crippen LogP contribution in [0, 0.1) is 0 Å². The smallest absolute Gasteiger partial charge is 0.261 e. The average Bonchev–Trinajstić information content (AvgIpc) is 2.59. The molecule has 7 heteroatoms. The Bertz CT molecular complexity index is 841. The number of benzene rings is 2. The first-order chi connectivity index (χ1) is 12.0. The maximum Gasteiger partial charge on any atom is 0.261 e. The van der Waals surface area contributed by atoms with Gasteiger partial charge in [-0.15, -0.1) is 0 Å². The van der Waals surface area contributed by atoms with Crippen LogP contribution < -0.4 is 16.4 Å². The highest BCUT2D eigenvalue weighted by atomic mass is 16.2. The van der Waals surface area contributed by atoms with E-state index in [1.807, 2.05) is 6.07 Å². The third-order valence-electron chi connectivity index (χ3n) is 4.21. The maximum absolute atomic E-state index is 12.7. The lowest BCUT2D eigenvalue weighted by Crippen LogP contribution is -2.44. The zero-order valence-electron chi connectivity index (χ0n) is 14.0. The summed E-state index contributed by atoms with van der Waals surface area (Å²) in [5.74, 6) is -0.707. The second-order valence-electron chi connectivity index (χ2n) is 5.93. The number of carbonyl (C=O) groups is 3. The van der Waals surface area contributed by atoms with Crippen molar-refractivity contribution in [1.82, 2.24) is 15.5 Å². The summed E-state index contributed by atoms with van der Waals surface area (Å²) in [6, 6.07) is 8.68. The Morgan fingerprint density at radius 3 is 2.48 bits per heavy atom. The number of nitrogens with zero attached hydrogens (tertiary/aromatic N) is 1. The standard InChI is InChI=1S/C18H20N4O3/c1-11(23)21-8-7-20-9-10-22-17(24)13-4-2-3-12-15(19)6-5-14(16(12)13)18(22)25/h2-6,20H,7-10,19H2,1H3,(H,21,23). The van der Waals surface area contributed by atoms with E-state index < -0.39 is 0 Å². The summed E-state index contributed by atoms with van der Waals surface area (Å²) in [4.78, 5) is 37.5. The maximum atomic E-state index is 12.7. The molecule has 0 saturated heterocycles. The topological polar surface area (TPSA) is 105 Å². The Morgan fingerprint density at radius 1 is 1.04 bits per heavy atom. The SMILES string of the molecule is CC(=O)NCCNCCN1C(=O)c2cccc3c(N)ccc(c23)C1=O. The minimum atomic E-state index is -0.308. The first-order valence-corrected chi connectivity index (χ1v) is 8.13. The molecule has 130 valence electrons. The molecule has 25 heavy (non-hydrogen) atoms. The number of anilines is 1. The molecule has 0 aliphatic carbocycles. The van der Waals surface area contributed by atoms with Crippen molar-refractivity contribution in [3.05, 3.63) is 41.5 Å². The van der Waals surface area contributed by atoms with Crippen molar-refractivity contribution in [2.75, 3.05) is 31.9 Å². The molecule has 0 fully saturated rings. The quantitative estimate of drug-likeness (QED) is 0.409. The van der Waals surface area contributed by atoms with Gasteiger partial charge in [0.05, 0.1) is 0 Å². The van der Waals surface area contributed by atoms with E-state index in [4.69, 9.17) is 5.73 Å². The molecule has 0 unspecified atom stereocenters. The summed E-state index contributed by atoms with van der Waals surface area (Å²) < 4.78 is 0. The number of nitrogens with two attached hydrogens (primary N) is 1. The van der Waals surface area contributed by atoms with Gasteiger partial charge in [0.1, 0.15) is 0 Å². The largest absolute Gasteiger partial charge is 0.398 e. The molecule has 1 aliphatic heterocycles. The van der Waals surface area contributed by atoms with Crippen molar-refractivity contribution < 1.29 is 14.4 Å². The molecule has 0 aromatic heterocycles. The van der Waals surface area contributed by atoms with Gasteiger partial charge in [0, 0.05) is 60.7 Å². The number of amides is 3. The normalized spacial score (nSPS) is 13.4. The van der Waals surface area contributed by atoms with Crippen LogP contribution in [0.4, 0.5) is 5.69 Å². The highest BCUT2D eigenvalue weighted by Crippen LogP contribution is 2.32. The number of nitrogen functional groups attached to an aromatic ring is 1. The molecule has 2 aromatic carbocycles. The van der Waals surface area contributed by atoms with Gasteiger partial charge >= 0.3 is 0 Å². The van der Waals surface area contributed by atoms with Gasteiger partial charge in [0.2, 0.25) is 5.91 Å². The number of carbonyl (C=O) groups excluding carboxylic acids is 3. The van der Waals surface area contributed by atoms with Crippen LogP contribution in [0.1, 0.15) is 27.6 Å². The van der Waals surface area contributed by atoms with Crippen LogP contribution in [0.25, 0.3) is 10.8 Å². The summed E-state index contributed by atoms with van der Waals surface area (Å²) in [5, 5.41) is 7.14. The molecule has 2 aromatic rings. The molecule has 3 amide bonds. The summed E-state index contributed by atoms with van der Waals surface area (Å²) >= 11 is 0. The lowest BCUT2D eigenvalue weighted by atomic mass is 9.93. The van der Waals surface area contributed by atoms with Gasteiger partial charge in [-0.2, -0.15) is 0 Å². The number of hydrogen-bond donors (Lipinski definition) is 3. The Balaban J connectivity index is 1.74. The van der Waals surface area contributed by atoms with E-state index in [2.05, 4.69) is 10.6 Å². The van der Waals surface area contributed by atoms with E-state index in [-0.39, 0.29) is 24.3 Å². The second kappa shape index (κ2) is 6.90. The molecule has 0 radical (unpaired) electrons. The monoisotopic (exact) mass is 340 g/mol. The fraction of sp³-hybridized carbons (Fsp3) is 0.278. The van der Waals surface area contributed by atoms with E-state index in [0.717, 1.165) is 5.39 Å². The third kappa shape index (κ3) is 3.18. The van der Waals surface area contributed by atoms with Gasteiger partial charge < -0.3 is 16.4 Å². The first-order valence-electron chi connectivity index (χ1n) is 8.13. The number of nitrogens with one attached hydrogen (secondary N) is 2. The van der Waals surface area contributed by atoms with Crippen LogP contribution in [0.5, 0.6) is 0 Å². The highest BCUT2D eigenvalue weighted by Gasteiger charge is 2.32. The molecule has 1 heterocycles. The fourth-order valence-electron chi connectivity index (χ4n) is 3.01. The minimum Gasteiger partial charge on any atom is -0.398 e. The molecule has 0 saturated carbocycles. The van der Waals surface area contributed by atoms with Crippen molar-refractivity contribution in [3.63, 3.8) is 0 Å². The van der Waals surface area contributed by atoms with Crippen LogP contribution in [0.15, 0.2) is 30.3 Å². The summed E-state index contributed by atoms with van der Waals surface area (Å²) in [5.41, 5.74) is 7.52. The molecule has 0 spiro atoms. The van der Waals surface area contributed by atoms with E-state index in [9.17, 15) is 14.4 Å². The molecule has 0 bridgehead atoms. The van der Waals surface area contributed by atoms with Crippen LogP contribution in [0.3, 0.4) is 0 Å².